The summed E-state index contributed by atoms with van der Waals surface area (Å²) in [5, 5.41) is 0. The fourth-order valence-corrected chi connectivity index (χ4v) is 1.72. The minimum Gasteiger partial charge on any atom is -0.457 e. The van der Waals surface area contributed by atoms with Gasteiger partial charge in [-0.05, 0) is 11.1 Å². The summed E-state index contributed by atoms with van der Waals surface area (Å²) in [4.78, 5) is 22.9. The second-order valence-electron chi connectivity index (χ2n) is 4.64. The fraction of sp³-hybridized carbons (Fsp3) is 0.105. The molecular weight excluding hydrogens is 292 g/mol. The SMILES string of the molecule is O=C(C=C=CC(=O)OCc1ccccc1)OCc1ccccc1. The van der Waals surface area contributed by atoms with Crippen LogP contribution in [-0.2, 0) is 32.3 Å². The van der Waals surface area contributed by atoms with Gasteiger partial charge in [-0.2, -0.15) is 0 Å². The van der Waals surface area contributed by atoms with E-state index >= 15 is 0 Å². The van der Waals surface area contributed by atoms with Crippen LogP contribution in [0.3, 0.4) is 0 Å². The quantitative estimate of drug-likeness (QED) is 0.467. The van der Waals surface area contributed by atoms with Gasteiger partial charge in [-0.1, -0.05) is 60.7 Å². The van der Waals surface area contributed by atoms with E-state index in [0.29, 0.717) is 0 Å². The van der Waals surface area contributed by atoms with Crippen molar-refractivity contribution < 1.29 is 19.1 Å². The highest BCUT2D eigenvalue weighted by Crippen LogP contribution is 2.01. The summed E-state index contributed by atoms with van der Waals surface area (Å²) in [6.07, 6.45) is 2.12. The molecule has 0 aliphatic rings. The van der Waals surface area contributed by atoms with Crippen LogP contribution in [0.1, 0.15) is 11.1 Å². The van der Waals surface area contributed by atoms with Gasteiger partial charge in [-0.15, -0.1) is 5.73 Å². The lowest BCUT2D eigenvalue weighted by atomic mass is 10.2. The molecule has 4 heteroatoms. The second kappa shape index (κ2) is 9.03. The molecule has 116 valence electrons. The molecule has 2 rings (SSSR count). The monoisotopic (exact) mass is 308 g/mol. The Morgan fingerprint density at radius 1 is 0.739 bits per heavy atom. The first-order valence-corrected chi connectivity index (χ1v) is 7.08. The number of hydrogen-bond acceptors (Lipinski definition) is 4. The Kier molecular flexibility index (Phi) is 6.39. The van der Waals surface area contributed by atoms with Crippen molar-refractivity contribution in [2.24, 2.45) is 0 Å². The molecule has 0 heterocycles. The van der Waals surface area contributed by atoms with Gasteiger partial charge in [0.15, 0.2) is 0 Å². The van der Waals surface area contributed by atoms with Crippen LogP contribution in [0.4, 0.5) is 0 Å². The number of rotatable bonds is 6. The van der Waals surface area contributed by atoms with Crippen molar-refractivity contribution in [1.29, 1.82) is 0 Å². The predicted molar refractivity (Wildman–Crippen MR) is 85.1 cm³/mol. The maximum Gasteiger partial charge on any atom is 0.338 e. The molecule has 2 aromatic rings. The molecule has 0 saturated heterocycles. The van der Waals surface area contributed by atoms with Crippen LogP contribution >= 0.6 is 0 Å². The van der Waals surface area contributed by atoms with E-state index in [0.717, 1.165) is 23.3 Å². The molecule has 23 heavy (non-hydrogen) atoms. The average molecular weight is 308 g/mol. The number of esters is 2. The molecular formula is C19H16O4. The van der Waals surface area contributed by atoms with Gasteiger partial charge in [0.25, 0.3) is 0 Å². The van der Waals surface area contributed by atoms with Crippen LogP contribution in [0.2, 0.25) is 0 Å². The zero-order valence-corrected chi connectivity index (χ0v) is 12.5. The van der Waals surface area contributed by atoms with E-state index in [-0.39, 0.29) is 13.2 Å². The van der Waals surface area contributed by atoms with Gasteiger partial charge in [-0.25, -0.2) is 9.59 Å². The summed E-state index contributed by atoms with van der Waals surface area (Å²) in [6, 6.07) is 18.6. The summed E-state index contributed by atoms with van der Waals surface area (Å²) >= 11 is 0. The van der Waals surface area contributed by atoms with Gasteiger partial charge < -0.3 is 9.47 Å². The summed E-state index contributed by atoms with van der Waals surface area (Å²) in [5.74, 6) is -1.14. The summed E-state index contributed by atoms with van der Waals surface area (Å²) in [6.45, 7) is 0.354. The maximum absolute atomic E-state index is 11.5. The molecule has 0 aromatic heterocycles. The summed E-state index contributed by atoms with van der Waals surface area (Å²) in [5.41, 5.74) is 4.24. The number of carbonyl (C=O) groups is 2. The molecule has 0 spiro atoms. The molecule has 0 N–H and O–H groups in total. The Hall–Kier alpha value is -3.10. The van der Waals surface area contributed by atoms with Crippen LogP contribution in [-0.4, -0.2) is 11.9 Å². The van der Waals surface area contributed by atoms with E-state index < -0.39 is 11.9 Å². The standard InChI is InChI=1S/C19H16O4/c20-18(22-14-16-8-3-1-4-9-16)12-7-13-19(21)23-15-17-10-5-2-6-11-17/h1-6,8-13H,14-15H2. The molecule has 0 radical (unpaired) electrons. The molecule has 2 aromatic carbocycles. The van der Waals surface area contributed by atoms with Gasteiger partial charge in [0.2, 0.25) is 0 Å². The van der Waals surface area contributed by atoms with Gasteiger partial charge >= 0.3 is 11.9 Å². The van der Waals surface area contributed by atoms with E-state index in [4.69, 9.17) is 9.47 Å². The highest BCUT2D eigenvalue weighted by atomic mass is 16.5. The van der Waals surface area contributed by atoms with Crippen molar-refractivity contribution in [3.8, 4) is 0 Å². The number of carbonyl (C=O) groups excluding carboxylic acids is 2. The van der Waals surface area contributed by atoms with Crippen molar-refractivity contribution in [3.05, 3.63) is 89.7 Å². The molecule has 0 amide bonds. The average Bonchev–Trinajstić information content (AvgIpc) is 2.60. The lowest BCUT2D eigenvalue weighted by Crippen LogP contribution is -2.01. The van der Waals surface area contributed by atoms with E-state index in [1.807, 2.05) is 60.7 Å². The molecule has 0 fully saturated rings. The van der Waals surface area contributed by atoms with Crippen LogP contribution in [0.15, 0.2) is 78.5 Å². The lowest BCUT2D eigenvalue weighted by Gasteiger charge is -2.01. The Bertz CT molecular complexity index is 639. The van der Waals surface area contributed by atoms with Gasteiger partial charge in [0.05, 0.1) is 12.2 Å². The largest absolute Gasteiger partial charge is 0.457 e. The Labute approximate surface area is 134 Å². The first-order valence-electron chi connectivity index (χ1n) is 7.08. The van der Waals surface area contributed by atoms with Crippen LogP contribution in [0.5, 0.6) is 0 Å². The minimum atomic E-state index is -0.569. The Morgan fingerprint density at radius 2 is 1.13 bits per heavy atom. The molecule has 0 unspecified atom stereocenters. The zero-order valence-electron chi connectivity index (χ0n) is 12.5. The molecule has 0 aliphatic heterocycles. The summed E-state index contributed by atoms with van der Waals surface area (Å²) < 4.78 is 10.0. The van der Waals surface area contributed by atoms with E-state index in [1.165, 1.54) is 0 Å². The summed E-state index contributed by atoms with van der Waals surface area (Å²) in [7, 11) is 0. The minimum absolute atomic E-state index is 0.177. The lowest BCUT2D eigenvalue weighted by molar-refractivity contribution is -0.139. The van der Waals surface area contributed by atoms with Gasteiger partial charge in [0.1, 0.15) is 13.2 Å². The topological polar surface area (TPSA) is 52.6 Å². The van der Waals surface area contributed by atoms with Crippen LogP contribution in [0, 0.1) is 0 Å². The molecule has 0 saturated carbocycles. The van der Waals surface area contributed by atoms with Crippen molar-refractivity contribution in [3.63, 3.8) is 0 Å². The molecule has 4 nitrogen and oxygen atoms in total. The number of ether oxygens (including phenoxy) is 2. The Balaban J connectivity index is 1.73. The third kappa shape index (κ3) is 6.46. The van der Waals surface area contributed by atoms with E-state index in [1.54, 1.807) is 0 Å². The first-order chi connectivity index (χ1) is 11.2. The molecule has 0 atom stereocenters. The number of benzene rings is 2. The van der Waals surface area contributed by atoms with Crippen LogP contribution in [0.25, 0.3) is 0 Å². The number of hydrogen-bond donors (Lipinski definition) is 0. The van der Waals surface area contributed by atoms with Crippen molar-refractivity contribution in [1.82, 2.24) is 0 Å². The van der Waals surface area contributed by atoms with Crippen LogP contribution < -0.4 is 0 Å². The smallest absolute Gasteiger partial charge is 0.338 e. The Morgan fingerprint density at radius 3 is 1.52 bits per heavy atom. The predicted octanol–water partition coefficient (Wildman–Crippen LogP) is 3.18. The van der Waals surface area contributed by atoms with Gasteiger partial charge in [-0.3, -0.25) is 0 Å². The first kappa shape index (κ1) is 16.3. The van der Waals surface area contributed by atoms with Gasteiger partial charge in [0, 0.05) is 0 Å². The van der Waals surface area contributed by atoms with E-state index in [2.05, 4.69) is 5.73 Å². The molecule has 0 bridgehead atoms. The van der Waals surface area contributed by atoms with E-state index in [9.17, 15) is 9.59 Å². The van der Waals surface area contributed by atoms with Crippen molar-refractivity contribution >= 4 is 11.9 Å². The van der Waals surface area contributed by atoms with Crippen molar-refractivity contribution in [2.75, 3.05) is 0 Å². The third-order valence-corrected chi connectivity index (χ3v) is 2.85. The highest BCUT2D eigenvalue weighted by molar-refractivity contribution is 5.85. The third-order valence-electron chi connectivity index (χ3n) is 2.85. The highest BCUT2D eigenvalue weighted by Gasteiger charge is 1.99. The maximum atomic E-state index is 11.5. The normalized spacial score (nSPS) is 9.39. The fourth-order valence-electron chi connectivity index (χ4n) is 1.72. The molecule has 0 aliphatic carbocycles. The zero-order chi connectivity index (χ0) is 16.3. The van der Waals surface area contributed by atoms with Crippen molar-refractivity contribution in [2.45, 2.75) is 13.2 Å². The second-order valence-corrected chi connectivity index (χ2v) is 4.64.